The van der Waals surface area contributed by atoms with Gasteiger partial charge in [0.05, 0.1) is 25.9 Å². The van der Waals surface area contributed by atoms with E-state index in [9.17, 15) is 5.11 Å². The number of hydrogen-bond acceptors (Lipinski definition) is 5. The second kappa shape index (κ2) is 8.66. The van der Waals surface area contributed by atoms with Gasteiger partial charge in [-0.25, -0.2) is 0 Å². The molecule has 1 aromatic rings. The Labute approximate surface area is 100 Å². The van der Waals surface area contributed by atoms with Crippen molar-refractivity contribution >= 4 is 11.3 Å². The standard InChI is InChI=1S/C11H19NO3S/c1-14-5-4-12-7-10(13)8-15-9-11-3-2-6-16-11/h2-3,6,10,12-13H,4-5,7-9H2,1H3. The van der Waals surface area contributed by atoms with Crippen LogP contribution in [0.1, 0.15) is 4.88 Å². The number of hydrogen-bond donors (Lipinski definition) is 2. The van der Waals surface area contributed by atoms with E-state index in [2.05, 4.69) is 5.32 Å². The summed E-state index contributed by atoms with van der Waals surface area (Å²) in [6.07, 6.45) is -0.461. The van der Waals surface area contributed by atoms with Crippen molar-refractivity contribution in [3.05, 3.63) is 22.4 Å². The zero-order chi connectivity index (χ0) is 11.6. The van der Waals surface area contributed by atoms with Crippen molar-refractivity contribution in [1.29, 1.82) is 0 Å². The molecule has 2 N–H and O–H groups in total. The number of ether oxygens (including phenoxy) is 2. The zero-order valence-corrected chi connectivity index (χ0v) is 10.3. The van der Waals surface area contributed by atoms with Gasteiger partial charge in [0.15, 0.2) is 0 Å². The minimum atomic E-state index is -0.461. The van der Waals surface area contributed by atoms with Gasteiger partial charge in [-0.15, -0.1) is 11.3 Å². The fraction of sp³-hybridized carbons (Fsp3) is 0.636. The van der Waals surface area contributed by atoms with E-state index in [0.717, 1.165) is 6.54 Å². The maximum atomic E-state index is 9.55. The summed E-state index contributed by atoms with van der Waals surface area (Å²) < 4.78 is 10.3. The lowest BCUT2D eigenvalue weighted by Crippen LogP contribution is -2.32. The molecule has 0 aliphatic rings. The average molecular weight is 245 g/mol. The Morgan fingerprint density at radius 1 is 1.56 bits per heavy atom. The Bertz CT molecular complexity index is 254. The molecule has 0 aliphatic carbocycles. The maximum Gasteiger partial charge on any atom is 0.0897 e. The summed E-state index contributed by atoms with van der Waals surface area (Å²) in [5.74, 6) is 0. The molecular weight excluding hydrogens is 226 g/mol. The molecule has 92 valence electrons. The highest BCUT2D eigenvalue weighted by atomic mass is 32.1. The van der Waals surface area contributed by atoms with Gasteiger partial charge < -0.3 is 19.9 Å². The lowest BCUT2D eigenvalue weighted by molar-refractivity contribution is 0.0292. The predicted molar refractivity (Wildman–Crippen MR) is 64.7 cm³/mol. The maximum absolute atomic E-state index is 9.55. The second-order valence-electron chi connectivity index (χ2n) is 3.45. The van der Waals surface area contributed by atoms with E-state index < -0.39 is 6.10 Å². The van der Waals surface area contributed by atoms with Crippen molar-refractivity contribution in [1.82, 2.24) is 5.32 Å². The third-order valence-corrected chi connectivity index (χ3v) is 2.85. The van der Waals surface area contributed by atoms with E-state index in [1.54, 1.807) is 18.4 Å². The number of nitrogens with one attached hydrogen (secondary N) is 1. The molecule has 0 spiro atoms. The summed E-state index contributed by atoms with van der Waals surface area (Å²) in [5.41, 5.74) is 0. The highest BCUT2D eigenvalue weighted by Gasteiger charge is 2.03. The SMILES string of the molecule is COCCNCC(O)COCc1cccs1. The van der Waals surface area contributed by atoms with Crippen LogP contribution in [0.4, 0.5) is 0 Å². The van der Waals surface area contributed by atoms with Crippen LogP contribution in [0.25, 0.3) is 0 Å². The number of aliphatic hydroxyl groups excluding tert-OH is 1. The van der Waals surface area contributed by atoms with Gasteiger partial charge in [-0.3, -0.25) is 0 Å². The lowest BCUT2D eigenvalue weighted by atomic mass is 10.4. The smallest absolute Gasteiger partial charge is 0.0897 e. The molecule has 0 amide bonds. The van der Waals surface area contributed by atoms with Crippen LogP contribution in [0.5, 0.6) is 0 Å². The number of methoxy groups -OCH3 is 1. The average Bonchev–Trinajstić information content (AvgIpc) is 2.77. The largest absolute Gasteiger partial charge is 0.389 e. The van der Waals surface area contributed by atoms with Crippen LogP contribution in [0.15, 0.2) is 17.5 Å². The van der Waals surface area contributed by atoms with Crippen molar-refractivity contribution in [3.63, 3.8) is 0 Å². The van der Waals surface area contributed by atoms with E-state index >= 15 is 0 Å². The molecule has 0 saturated carbocycles. The molecule has 0 saturated heterocycles. The molecule has 16 heavy (non-hydrogen) atoms. The molecule has 1 unspecified atom stereocenters. The van der Waals surface area contributed by atoms with Crippen LogP contribution < -0.4 is 5.32 Å². The van der Waals surface area contributed by atoms with Gasteiger partial charge >= 0.3 is 0 Å². The fourth-order valence-corrected chi connectivity index (χ4v) is 1.83. The molecule has 1 aromatic heterocycles. The summed E-state index contributed by atoms with van der Waals surface area (Å²) in [6.45, 7) is 2.87. The van der Waals surface area contributed by atoms with Gasteiger partial charge in [-0.1, -0.05) is 6.07 Å². The minimum Gasteiger partial charge on any atom is -0.389 e. The molecule has 0 fully saturated rings. The van der Waals surface area contributed by atoms with E-state index in [0.29, 0.717) is 26.4 Å². The molecule has 0 aromatic carbocycles. The zero-order valence-electron chi connectivity index (χ0n) is 9.52. The molecule has 0 aliphatic heterocycles. The quantitative estimate of drug-likeness (QED) is 0.634. The van der Waals surface area contributed by atoms with E-state index in [4.69, 9.17) is 9.47 Å². The monoisotopic (exact) mass is 245 g/mol. The molecule has 4 nitrogen and oxygen atoms in total. The fourth-order valence-electron chi connectivity index (χ4n) is 1.19. The summed E-state index contributed by atoms with van der Waals surface area (Å²) in [7, 11) is 1.66. The number of rotatable bonds is 9. The van der Waals surface area contributed by atoms with Crippen LogP contribution in [0.2, 0.25) is 0 Å². The third kappa shape index (κ3) is 6.19. The highest BCUT2D eigenvalue weighted by molar-refractivity contribution is 7.09. The molecule has 0 bridgehead atoms. The van der Waals surface area contributed by atoms with E-state index in [-0.39, 0.29) is 0 Å². The molecule has 1 heterocycles. The van der Waals surface area contributed by atoms with Gasteiger partial charge in [-0.05, 0) is 11.4 Å². The Kier molecular flexibility index (Phi) is 7.37. The van der Waals surface area contributed by atoms with Crippen molar-refractivity contribution in [2.75, 3.05) is 33.4 Å². The van der Waals surface area contributed by atoms with Crippen molar-refractivity contribution in [3.8, 4) is 0 Å². The Balaban J connectivity index is 1.95. The van der Waals surface area contributed by atoms with Crippen LogP contribution in [-0.4, -0.2) is 44.6 Å². The molecule has 5 heteroatoms. The first kappa shape index (κ1) is 13.6. The predicted octanol–water partition coefficient (Wildman–Crippen LogP) is 0.862. The summed E-state index contributed by atoms with van der Waals surface area (Å²) in [5, 5.41) is 14.6. The van der Waals surface area contributed by atoms with Gasteiger partial charge in [0.1, 0.15) is 0 Å². The van der Waals surface area contributed by atoms with Gasteiger partial charge in [0.2, 0.25) is 0 Å². The molecule has 1 rings (SSSR count). The Hall–Kier alpha value is -0.460. The topological polar surface area (TPSA) is 50.7 Å². The van der Waals surface area contributed by atoms with Gasteiger partial charge in [0.25, 0.3) is 0 Å². The van der Waals surface area contributed by atoms with Crippen molar-refractivity contribution in [2.24, 2.45) is 0 Å². The van der Waals surface area contributed by atoms with Crippen LogP contribution in [0, 0.1) is 0 Å². The Morgan fingerprint density at radius 3 is 3.12 bits per heavy atom. The van der Waals surface area contributed by atoms with Gasteiger partial charge in [0, 0.05) is 25.1 Å². The summed E-state index contributed by atoms with van der Waals surface area (Å²) >= 11 is 1.66. The first-order valence-electron chi connectivity index (χ1n) is 5.30. The highest BCUT2D eigenvalue weighted by Crippen LogP contribution is 2.09. The van der Waals surface area contributed by atoms with Crippen LogP contribution in [-0.2, 0) is 16.1 Å². The third-order valence-electron chi connectivity index (χ3n) is 2.00. The van der Waals surface area contributed by atoms with Crippen molar-refractivity contribution < 1.29 is 14.6 Å². The summed E-state index contributed by atoms with van der Waals surface area (Å²) in [4.78, 5) is 1.18. The van der Waals surface area contributed by atoms with Crippen LogP contribution >= 0.6 is 11.3 Å². The summed E-state index contributed by atoms with van der Waals surface area (Å²) in [6, 6.07) is 4.01. The first-order valence-corrected chi connectivity index (χ1v) is 6.18. The molecular formula is C11H19NO3S. The van der Waals surface area contributed by atoms with Gasteiger partial charge in [-0.2, -0.15) is 0 Å². The number of thiophene rings is 1. The first-order chi connectivity index (χ1) is 7.83. The molecule has 0 radical (unpaired) electrons. The van der Waals surface area contributed by atoms with Crippen molar-refractivity contribution in [2.45, 2.75) is 12.7 Å². The van der Waals surface area contributed by atoms with E-state index in [1.807, 2.05) is 17.5 Å². The van der Waals surface area contributed by atoms with E-state index in [1.165, 1.54) is 4.88 Å². The lowest BCUT2D eigenvalue weighted by Gasteiger charge is -2.11. The second-order valence-corrected chi connectivity index (χ2v) is 4.48. The normalized spacial score (nSPS) is 12.9. The van der Waals surface area contributed by atoms with Crippen LogP contribution in [0.3, 0.4) is 0 Å². The number of aliphatic hydroxyl groups is 1. The minimum absolute atomic E-state index is 0.359. The Morgan fingerprint density at radius 2 is 2.44 bits per heavy atom. The molecule has 1 atom stereocenters.